The monoisotopic (exact) mass is 332 g/mol. The third-order valence-electron chi connectivity index (χ3n) is 4.00. The molecule has 23 heavy (non-hydrogen) atoms. The van der Waals surface area contributed by atoms with Gasteiger partial charge in [0.15, 0.2) is 0 Å². The number of carbonyl (C=O) groups is 1. The molecule has 6 heteroatoms. The van der Waals surface area contributed by atoms with Crippen LogP contribution in [0.15, 0.2) is 36.7 Å². The van der Waals surface area contributed by atoms with Crippen LogP contribution >= 0.6 is 11.6 Å². The number of piperidine rings is 1. The van der Waals surface area contributed by atoms with Gasteiger partial charge in [-0.15, -0.1) is 0 Å². The quantitative estimate of drug-likeness (QED) is 0.915. The van der Waals surface area contributed by atoms with Crippen molar-refractivity contribution < 1.29 is 4.79 Å². The van der Waals surface area contributed by atoms with Gasteiger partial charge < -0.3 is 5.32 Å². The fourth-order valence-corrected chi connectivity index (χ4v) is 3.00. The summed E-state index contributed by atoms with van der Waals surface area (Å²) < 4.78 is 1.52. The zero-order chi connectivity index (χ0) is 16.1. The molecular formula is C17H21ClN4O. The van der Waals surface area contributed by atoms with E-state index in [1.165, 1.54) is 48.8 Å². The van der Waals surface area contributed by atoms with E-state index < -0.39 is 0 Å². The molecule has 1 aromatic heterocycles. The van der Waals surface area contributed by atoms with E-state index in [0.29, 0.717) is 5.02 Å². The molecule has 1 fully saturated rings. The second-order valence-corrected chi connectivity index (χ2v) is 6.37. The molecule has 1 aliphatic heterocycles. The number of nitrogens with zero attached hydrogens (tertiary/aromatic N) is 3. The zero-order valence-electron chi connectivity index (χ0n) is 13.0. The number of likely N-dealkylation sites (tertiary alicyclic amines) is 1. The maximum atomic E-state index is 12.0. The molecule has 1 aliphatic rings. The second kappa shape index (κ2) is 7.62. The van der Waals surface area contributed by atoms with E-state index in [1.807, 2.05) is 12.1 Å². The Morgan fingerprint density at radius 3 is 2.57 bits per heavy atom. The van der Waals surface area contributed by atoms with Crippen LogP contribution in [0, 0.1) is 0 Å². The van der Waals surface area contributed by atoms with Gasteiger partial charge >= 0.3 is 0 Å². The third-order valence-corrected chi connectivity index (χ3v) is 4.20. The highest BCUT2D eigenvalue weighted by Crippen LogP contribution is 2.15. The van der Waals surface area contributed by atoms with Gasteiger partial charge in [0.05, 0.1) is 11.2 Å². The number of benzene rings is 1. The van der Waals surface area contributed by atoms with Gasteiger partial charge in [-0.05, 0) is 43.6 Å². The molecule has 0 aliphatic carbocycles. The lowest BCUT2D eigenvalue weighted by Crippen LogP contribution is -2.29. The number of rotatable bonds is 5. The van der Waals surface area contributed by atoms with Gasteiger partial charge in [-0.3, -0.25) is 14.4 Å². The first kappa shape index (κ1) is 16.0. The Bertz CT molecular complexity index is 647. The maximum absolute atomic E-state index is 12.0. The SMILES string of the molecule is O=C(Cn1cc(Cl)cn1)Nc1ccc(CN2CCCCC2)cc1. The number of carbonyl (C=O) groups excluding carboxylic acids is 1. The van der Waals surface area contributed by atoms with Crippen molar-refractivity contribution in [2.24, 2.45) is 0 Å². The summed E-state index contributed by atoms with van der Waals surface area (Å²) in [6.45, 7) is 3.51. The highest BCUT2D eigenvalue weighted by atomic mass is 35.5. The molecule has 5 nitrogen and oxygen atoms in total. The first-order chi connectivity index (χ1) is 11.2. The predicted molar refractivity (Wildman–Crippen MR) is 91.4 cm³/mol. The Kier molecular flexibility index (Phi) is 5.31. The van der Waals surface area contributed by atoms with Crippen LogP contribution < -0.4 is 5.32 Å². The number of hydrogen-bond donors (Lipinski definition) is 1. The van der Waals surface area contributed by atoms with Crippen molar-refractivity contribution in [3.05, 3.63) is 47.2 Å². The van der Waals surface area contributed by atoms with Gasteiger partial charge in [0.25, 0.3) is 0 Å². The topological polar surface area (TPSA) is 50.2 Å². The number of aromatic nitrogens is 2. The Morgan fingerprint density at radius 1 is 1.17 bits per heavy atom. The molecule has 2 aromatic rings. The smallest absolute Gasteiger partial charge is 0.246 e. The highest BCUT2D eigenvalue weighted by Gasteiger charge is 2.10. The fraction of sp³-hybridized carbons (Fsp3) is 0.412. The summed E-state index contributed by atoms with van der Waals surface area (Å²) in [5.41, 5.74) is 2.08. The van der Waals surface area contributed by atoms with Gasteiger partial charge in [-0.1, -0.05) is 30.2 Å². The first-order valence-corrected chi connectivity index (χ1v) is 8.36. The van der Waals surface area contributed by atoms with E-state index >= 15 is 0 Å². The highest BCUT2D eigenvalue weighted by molar-refractivity contribution is 6.30. The largest absolute Gasteiger partial charge is 0.324 e. The van der Waals surface area contributed by atoms with Gasteiger partial charge in [-0.2, -0.15) is 5.10 Å². The van der Waals surface area contributed by atoms with Crippen LogP contribution in [0.5, 0.6) is 0 Å². The number of halogens is 1. The van der Waals surface area contributed by atoms with E-state index in [2.05, 4.69) is 27.4 Å². The summed E-state index contributed by atoms with van der Waals surface area (Å²) in [5, 5.41) is 7.40. The number of anilines is 1. The number of nitrogens with one attached hydrogen (secondary N) is 1. The van der Waals surface area contributed by atoms with Crippen LogP contribution in [0.1, 0.15) is 24.8 Å². The first-order valence-electron chi connectivity index (χ1n) is 7.98. The van der Waals surface area contributed by atoms with Crippen molar-refractivity contribution in [2.75, 3.05) is 18.4 Å². The summed E-state index contributed by atoms with van der Waals surface area (Å²) in [4.78, 5) is 14.5. The fourth-order valence-electron chi connectivity index (χ4n) is 2.84. The summed E-state index contributed by atoms with van der Waals surface area (Å²) >= 11 is 5.78. The minimum atomic E-state index is -0.117. The third kappa shape index (κ3) is 4.81. The minimum absolute atomic E-state index is 0.117. The van der Waals surface area contributed by atoms with Crippen molar-refractivity contribution in [3.8, 4) is 0 Å². The molecule has 0 radical (unpaired) electrons. The molecule has 1 saturated heterocycles. The average Bonchev–Trinajstić information content (AvgIpc) is 2.95. The average molecular weight is 333 g/mol. The molecule has 2 heterocycles. The van der Waals surface area contributed by atoms with Gasteiger partial charge in [0.1, 0.15) is 6.54 Å². The van der Waals surface area contributed by atoms with Gasteiger partial charge in [0, 0.05) is 18.4 Å². The van der Waals surface area contributed by atoms with Crippen LogP contribution in [0.3, 0.4) is 0 Å². The molecule has 1 N–H and O–H groups in total. The Morgan fingerprint density at radius 2 is 1.91 bits per heavy atom. The second-order valence-electron chi connectivity index (χ2n) is 5.94. The molecule has 0 spiro atoms. The molecule has 3 rings (SSSR count). The van der Waals surface area contributed by atoms with E-state index in [-0.39, 0.29) is 12.5 Å². The molecular weight excluding hydrogens is 312 g/mol. The summed E-state index contributed by atoms with van der Waals surface area (Å²) in [6, 6.07) is 8.06. The van der Waals surface area contributed by atoms with Crippen LogP contribution in [-0.4, -0.2) is 33.7 Å². The van der Waals surface area contributed by atoms with Crippen LogP contribution in [0.2, 0.25) is 5.02 Å². The van der Waals surface area contributed by atoms with Crippen molar-refractivity contribution in [2.45, 2.75) is 32.4 Å². The maximum Gasteiger partial charge on any atom is 0.246 e. The Hall–Kier alpha value is -1.85. The molecule has 0 unspecified atom stereocenters. The number of amides is 1. The van der Waals surface area contributed by atoms with Crippen molar-refractivity contribution in [1.29, 1.82) is 0 Å². The standard InChI is InChI=1S/C17H21ClN4O/c18-15-10-19-22(12-15)13-17(23)20-16-6-4-14(5-7-16)11-21-8-2-1-3-9-21/h4-7,10,12H,1-3,8-9,11,13H2,(H,20,23). The van der Waals surface area contributed by atoms with Crippen LogP contribution in [-0.2, 0) is 17.9 Å². The lowest BCUT2D eigenvalue weighted by molar-refractivity contribution is -0.116. The van der Waals surface area contributed by atoms with E-state index in [4.69, 9.17) is 11.6 Å². The molecule has 0 atom stereocenters. The zero-order valence-corrected chi connectivity index (χ0v) is 13.8. The molecule has 122 valence electrons. The van der Waals surface area contributed by atoms with Gasteiger partial charge in [-0.25, -0.2) is 0 Å². The molecule has 1 amide bonds. The van der Waals surface area contributed by atoms with Crippen molar-refractivity contribution in [1.82, 2.24) is 14.7 Å². The van der Waals surface area contributed by atoms with Gasteiger partial charge in [0.2, 0.25) is 5.91 Å². The van der Waals surface area contributed by atoms with Crippen molar-refractivity contribution >= 4 is 23.2 Å². The Balaban J connectivity index is 1.51. The minimum Gasteiger partial charge on any atom is -0.324 e. The lowest BCUT2D eigenvalue weighted by Gasteiger charge is -2.26. The van der Waals surface area contributed by atoms with E-state index in [1.54, 1.807) is 6.20 Å². The van der Waals surface area contributed by atoms with E-state index in [9.17, 15) is 4.79 Å². The normalized spacial score (nSPS) is 15.5. The lowest BCUT2D eigenvalue weighted by atomic mass is 10.1. The number of hydrogen-bond acceptors (Lipinski definition) is 3. The Labute approximate surface area is 141 Å². The molecule has 1 aromatic carbocycles. The summed E-state index contributed by atoms with van der Waals surface area (Å²) in [5.74, 6) is -0.117. The predicted octanol–water partition coefficient (Wildman–Crippen LogP) is 3.16. The van der Waals surface area contributed by atoms with Crippen molar-refractivity contribution in [3.63, 3.8) is 0 Å². The summed E-state index contributed by atoms with van der Waals surface area (Å²) in [6.07, 6.45) is 7.09. The van der Waals surface area contributed by atoms with E-state index in [0.717, 1.165) is 12.2 Å². The summed E-state index contributed by atoms with van der Waals surface area (Å²) in [7, 11) is 0. The van der Waals surface area contributed by atoms with Crippen LogP contribution in [0.25, 0.3) is 0 Å². The van der Waals surface area contributed by atoms with Crippen LogP contribution in [0.4, 0.5) is 5.69 Å². The molecule has 0 bridgehead atoms. The molecule has 0 saturated carbocycles.